The van der Waals surface area contributed by atoms with Crippen LogP contribution in [0, 0.1) is 0 Å². The van der Waals surface area contributed by atoms with Crippen molar-refractivity contribution in [3.05, 3.63) is 48.0 Å². The molecule has 0 saturated carbocycles. The van der Waals surface area contributed by atoms with Crippen LogP contribution in [0.2, 0.25) is 0 Å². The number of hydrogen-bond donors (Lipinski definition) is 0. The molecule has 1 aromatic carbocycles. The van der Waals surface area contributed by atoms with Gasteiger partial charge in [0.1, 0.15) is 0 Å². The van der Waals surface area contributed by atoms with Crippen LogP contribution < -0.4 is 0 Å². The van der Waals surface area contributed by atoms with Crippen LogP contribution in [0.25, 0.3) is 0 Å². The predicted molar refractivity (Wildman–Crippen MR) is 53.1 cm³/mol. The molecule has 1 heteroatoms. The highest BCUT2D eigenvalue weighted by Gasteiger charge is 1.83. The molecule has 0 unspecified atom stereocenters. The van der Waals surface area contributed by atoms with Crippen LogP contribution in [0.5, 0.6) is 0 Å². The quantitative estimate of drug-likeness (QED) is 0.532. The van der Waals surface area contributed by atoms with E-state index >= 15 is 0 Å². The monoisotopic (exact) mass is 210 g/mol. The summed E-state index contributed by atoms with van der Waals surface area (Å²) in [6.07, 6.45) is 5.32. The van der Waals surface area contributed by atoms with Gasteiger partial charge in [-0.1, -0.05) is 58.4 Å². The number of benzene rings is 1. The Kier molecular flexibility index (Phi) is 3.99. The van der Waals surface area contributed by atoms with Gasteiger partial charge in [0.25, 0.3) is 0 Å². The molecule has 0 aliphatic heterocycles. The van der Waals surface area contributed by atoms with Crippen molar-refractivity contribution in [2.45, 2.75) is 6.42 Å². The molecule has 1 rings (SSSR count). The normalized spacial score (nSPS) is 10.6. The molecule has 0 bridgehead atoms. The van der Waals surface area contributed by atoms with Crippen molar-refractivity contribution in [1.29, 1.82) is 0 Å². The number of allylic oxidation sites excluding steroid dienone is 2. The van der Waals surface area contributed by atoms with Gasteiger partial charge in [-0.2, -0.15) is 0 Å². The highest BCUT2D eigenvalue weighted by molar-refractivity contribution is 9.09. The number of alkyl halides is 1. The van der Waals surface area contributed by atoms with Crippen LogP contribution in [-0.4, -0.2) is 5.33 Å². The van der Waals surface area contributed by atoms with E-state index in [1.54, 1.807) is 0 Å². The Labute approximate surface area is 76.1 Å². The second kappa shape index (κ2) is 5.14. The zero-order valence-corrected chi connectivity index (χ0v) is 7.92. The molecule has 0 aliphatic rings. The first-order chi connectivity index (χ1) is 5.43. The van der Waals surface area contributed by atoms with E-state index < -0.39 is 0 Å². The van der Waals surface area contributed by atoms with Crippen LogP contribution in [0.15, 0.2) is 42.5 Å². The van der Waals surface area contributed by atoms with Crippen molar-refractivity contribution in [2.24, 2.45) is 0 Å². The summed E-state index contributed by atoms with van der Waals surface area (Å²) in [5, 5.41) is 0.944. The second-order valence-corrected chi connectivity index (χ2v) is 2.96. The highest BCUT2D eigenvalue weighted by Crippen LogP contribution is 1.99. The molecule has 0 spiro atoms. The molecule has 1 aromatic rings. The van der Waals surface area contributed by atoms with Gasteiger partial charge in [0, 0.05) is 5.33 Å². The van der Waals surface area contributed by atoms with E-state index in [1.807, 2.05) is 6.07 Å². The largest absolute Gasteiger partial charge is 0.0883 e. The lowest BCUT2D eigenvalue weighted by Gasteiger charge is -1.92. The van der Waals surface area contributed by atoms with Crippen molar-refractivity contribution in [3.8, 4) is 0 Å². The third kappa shape index (κ3) is 3.38. The molecule has 0 heterocycles. The topological polar surface area (TPSA) is 0 Å². The molecule has 0 atom stereocenters. The molecule has 11 heavy (non-hydrogen) atoms. The Morgan fingerprint density at radius 1 is 1.09 bits per heavy atom. The number of halogens is 1. The van der Waals surface area contributed by atoms with Gasteiger partial charge in [0.2, 0.25) is 0 Å². The molecule has 0 saturated heterocycles. The average Bonchev–Trinajstić information content (AvgIpc) is 2.07. The Hall–Kier alpha value is -0.560. The SMILES string of the molecule is BrC/C=C\Cc1ccccc1. The molecule has 0 aromatic heterocycles. The zero-order valence-electron chi connectivity index (χ0n) is 6.33. The first-order valence-electron chi connectivity index (χ1n) is 3.68. The van der Waals surface area contributed by atoms with Crippen LogP contribution >= 0.6 is 15.9 Å². The maximum atomic E-state index is 3.34. The van der Waals surface area contributed by atoms with Crippen molar-refractivity contribution < 1.29 is 0 Å². The molecule has 0 radical (unpaired) electrons. The fourth-order valence-corrected chi connectivity index (χ4v) is 1.16. The third-order valence-corrected chi connectivity index (χ3v) is 1.83. The minimum absolute atomic E-state index is 0.944. The van der Waals surface area contributed by atoms with Crippen molar-refractivity contribution in [1.82, 2.24) is 0 Å². The Bertz CT molecular complexity index is 214. The summed E-state index contributed by atoms with van der Waals surface area (Å²) in [6, 6.07) is 10.4. The smallest absolute Gasteiger partial charge is 0.0212 e. The van der Waals surface area contributed by atoms with E-state index in [0.29, 0.717) is 0 Å². The van der Waals surface area contributed by atoms with Gasteiger partial charge >= 0.3 is 0 Å². The Morgan fingerprint density at radius 3 is 2.45 bits per heavy atom. The minimum atomic E-state index is 0.944. The lowest BCUT2D eigenvalue weighted by molar-refractivity contribution is 1.27. The predicted octanol–water partition coefficient (Wildman–Crippen LogP) is 3.18. The molecule has 0 nitrogen and oxygen atoms in total. The fourth-order valence-electron chi connectivity index (χ4n) is 0.897. The Morgan fingerprint density at radius 2 is 1.82 bits per heavy atom. The summed E-state index contributed by atoms with van der Waals surface area (Å²) in [5.41, 5.74) is 1.37. The van der Waals surface area contributed by atoms with Crippen LogP contribution in [-0.2, 0) is 6.42 Å². The maximum absolute atomic E-state index is 3.34. The molecule has 58 valence electrons. The van der Waals surface area contributed by atoms with Crippen molar-refractivity contribution in [2.75, 3.05) is 5.33 Å². The summed E-state index contributed by atoms with van der Waals surface area (Å²) in [6.45, 7) is 0. The van der Waals surface area contributed by atoms with E-state index in [0.717, 1.165) is 11.8 Å². The highest BCUT2D eigenvalue weighted by atomic mass is 79.9. The van der Waals surface area contributed by atoms with Gasteiger partial charge in [-0.25, -0.2) is 0 Å². The molecule has 0 amide bonds. The Balaban J connectivity index is 2.45. The fraction of sp³-hybridized carbons (Fsp3) is 0.200. The summed E-state index contributed by atoms with van der Waals surface area (Å²) in [5.74, 6) is 0. The van der Waals surface area contributed by atoms with Gasteiger partial charge in [-0.15, -0.1) is 0 Å². The lowest BCUT2D eigenvalue weighted by Crippen LogP contribution is -1.77. The second-order valence-electron chi connectivity index (χ2n) is 2.32. The molecular formula is C10H11Br. The van der Waals surface area contributed by atoms with E-state index in [4.69, 9.17) is 0 Å². The van der Waals surface area contributed by atoms with E-state index in [1.165, 1.54) is 5.56 Å². The standard InChI is InChI=1S/C10H11Br/c11-9-5-4-8-10-6-2-1-3-7-10/h1-7H,8-9H2/b5-4-. The summed E-state index contributed by atoms with van der Waals surface area (Å²) >= 11 is 3.34. The summed E-state index contributed by atoms with van der Waals surface area (Å²) in [4.78, 5) is 0. The minimum Gasteiger partial charge on any atom is -0.0883 e. The molecule has 0 fully saturated rings. The van der Waals surface area contributed by atoms with Gasteiger partial charge < -0.3 is 0 Å². The van der Waals surface area contributed by atoms with E-state index in [2.05, 4.69) is 52.3 Å². The van der Waals surface area contributed by atoms with Crippen molar-refractivity contribution in [3.63, 3.8) is 0 Å². The van der Waals surface area contributed by atoms with E-state index in [9.17, 15) is 0 Å². The van der Waals surface area contributed by atoms with Crippen LogP contribution in [0.1, 0.15) is 5.56 Å². The van der Waals surface area contributed by atoms with Gasteiger partial charge in [-0.3, -0.25) is 0 Å². The van der Waals surface area contributed by atoms with Crippen molar-refractivity contribution >= 4 is 15.9 Å². The van der Waals surface area contributed by atoms with Gasteiger partial charge in [0.15, 0.2) is 0 Å². The van der Waals surface area contributed by atoms with Gasteiger partial charge in [-0.05, 0) is 12.0 Å². The third-order valence-electron chi connectivity index (χ3n) is 1.45. The lowest BCUT2D eigenvalue weighted by atomic mass is 10.1. The molecule has 0 N–H and O–H groups in total. The van der Waals surface area contributed by atoms with Gasteiger partial charge in [0.05, 0.1) is 0 Å². The molecular weight excluding hydrogens is 200 g/mol. The van der Waals surface area contributed by atoms with E-state index in [-0.39, 0.29) is 0 Å². The first-order valence-corrected chi connectivity index (χ1v) is 4.80. The summed E-state index contributed by atoms with van der Waals surface area (Å²) < 4.78 is 0. The summed E-state index contributed by atoms with van der Waals surface area (Å²) in [7, 11) is 0. The maximum Gasteiger partial charge on any atom is 0.0212 e. The van der Waals surface area contributed by atoms with Crippen LogP contribution in [0.4, 0.5) is 0 Å². The number of hydrogen-bond acceptors (Lipinski definition) is 0. The first kappa shape index (κ1) is 8.54. The average molecular weight is 211 g/mol. The molecule has 0 aliphatic carbocycles. The number of rotatable bonds is 3. The van der Waals surface area contributed by atoms with Crippen LogP contribution in [0.3, 0.4) is 0 Å². The zero-order chi connectivity index (χ0) is 7.94.